The molecule has 126 valence electrons. The normalized spacial score (nSPS) is 9.08. The molecule has 2 heterocycles. The molecule has 0 aliphatic rings. The van der Waals surface area contributed by atoms with Crippen LogP contribution in [0, 0.1) is 27.7 Å². The molecule has 0 aliphatic heterocycles. The molecule has 2 aromatic rings. The number of aryl methyl sites for hydroxylation is 1. The Bertz CT molecular complexity index is 536. The van der Waals surface area contributed by atoms with Crippen molar-refractivity contribution in [2.24, 2.45) is 0 Å². The Morgan fingerprint density at radius 2 is 1.62 bits per heavy atom. The molecule has 0 bridgehead atoms. The molecule has 0 spiro atoms. The standard InChI is InChI=1S/C11H16N2O.C7H8N.2Y/c1-3-14-8-7-12-9-11-6-4-5-10(2)13-11;1-6-4-3-5-7(2)8-6;;/h4-6,12H,1-3,7-9H2;3-5H,1H2,2H3;;/q-2;-1;;. The van der Waals surface area contributed by atoms with Crippen LogP contribution < -0.4 is 5.32 Å². The topological polar surface area (TPSA) is 47.0 Å². The Morgan fingerprint density at radius 1 is 1.00 bits per heavy atom. The van der Waals surface area contributed by atoms with Gasteiger partial charge in [0, 0.05) is 89.9 Å². The largest absolute Gasteiger partial charge is 0.412 e. The van der Waals surface area contributed by atoms with Crippen molar-refractivity contribution in [2.75, 3.05) is 19.8 Å². The van der Waals surface area contributed by atoms with E-state index in [2.05, 4.69) is 36.1 Å². The Labute approximate surface area is 196 Å². The SMILES string of the molecule is [CH2-]COCCNCc1cccc([CH2-])n1.[CH2-]c1cccc(C)n1.[Y].[Y]. The monoisotopic (exact) mass is 476 g/mol. The van der Waals surface area contributed by atoms with Gasteiger partial charge in [-0.05, 0) is 6.92 Å². The first kappa shape index (κ1) is 26.4. The van der Waals surface area contributed by atoms with Gasteiger partial charge in [0.15, 0.2) is 0 Å². The first-order valence-corrected chi connectivity index (χ1v) is 7.23. The Morgan fingerprint density at radius 3 is 2.12 bits per heavy atom. The maximum Gasteiger partial charge on any atom is 0.0555 e. The molecule has 2 radical (unpaired) electrons. The molecule has 24 heavy (non-hydrogen) atoms. The summed E-state index contributed by atoms with van der Waals surface area (Å²) in [6, 6.07) is 11.6. The molecule has 0 aliphatic carbocycles. The van der Waals surface area contributed by atoms with E-state index in [1.54, 1.807) is 0 Å². The zero-order chi connectivity index (χ0) is 16.2. The summed E-state index contributed by atoms with van der Waals surface area (Å²) in [6.45, 7) is 15.8. The molecular weight excluding hydrogens is 452 g/mol. The Balaban J connectivity index is 0. The second-order valence-electron chi connectivity index (χ2n) is 4.68. The van der Waals surface area contributed by atoms with Crippen LogP contribution in [-0.4, -0.2) is 29.7 Å². The number of pyridine rings is 2. The van der Waals surface area contributed by atoms with Crippen LogP contribution in [0.5, 0.6) is 0 Å². The van der Waals surface area contributed by atoms with E-state index in [9.17, 15) is 0 Å². The Hall–Kier alpha value is 0.168. The van der Waals surface area contributed by atoms with Gasteiger partial charge in [0.1, 0.15) is 0 Å². The molecule has 6 heteroatoms. The van der Waals surface area contributed by atoms with Gasteiger partial charge in [-0.3, -0.25) is 9.97 Å². The van der Waals surface area contributed by atoms with Gasteiger partial charge < -0.3 is 17.0 Å². The second kappa shape index (κ2) is 16.6. The number of nitrogens with one attached hydrogen (secondary N) is 1. The number of hydrogen-bond acceptors (Lipinski definition) is 4. The fourth-order valence-corrected chi connectivity index (χ4v) is 1.69. The number of aromatic nitrogens is 2. The number of rotatable bonds is 6. The third-order valence-electron chi connectivity index (χ3n) is 2.68. The van der Waals surface area contributed by atoms with Crippen molar-refractivity contribution in [1.29, 1.82) is 0 Å². The molecule has 0 unspecified atom stereocenters. The summed E-state index contributed by atoms with van der Waals surface area (Å²) < 4.78 is 5.09. The average Bonchev–Trinajstić information content (AvgIpc) is 2.47. The van der Waals surface area contributed by atoms with Crippen LogP contribution in [0.4, 0.5) is 0 Å². The summed E-state index contributed by atoms with van der Waals surface area (Å²) in [5.41, 5.74) is 3.67. The average molecular weight is 476 g/mol. The van der Waals surface area contributed by atoms with Gasteiger partial charge in [0.2, 0.25) is 0 Å². The minimum Gasteiger partial charge on any atom is -0.412 e. The molecule has 0 amide bonds. The molecule has 1 N–H and O–H groups in total. The smallest absolute Gasteiger partial charge is 0.0555 e. The van der Waals surface area contributed by atoms with Crippen LogP contribution in [0.2, 0.25) is 0 Å². The number of nitrogens with zero attached hydrogens (tertiary/aromatic N) is 2. The maximum absolute atomic E-state index is 5.09. The van der Waals surface area contributed by atoms with E-state index < -0.39 is 0 Å². The predicted octanol–water partition coefficient (Wildman–Crippen LogP) is 2.77. The first-order chi connectivity index (χ1) is 10.6. The summed E-state index contributed by atoms with van der Waals surface area (Å²) in [6.07, 6.45) is 0. The van der Waals surface area contributed by atoms with Gasteiger partial charge in [-0.1, -0.05) is 18.7 Å². The van der Waals surface area contributed by atoms with Crippen LogP contribution in [0.1, 0.15) is 22.8 Å². The van der Waals surface area contributed by atoms with Gasteiger partial charge in [-0.2, -0.15) is 12.1 Å². The minimum atomic E-state index is 0. The van der Waals surface area contributed by atoms with Crippen molar-refractivity contribution in [1.82, 2.24) is 15.3 Å². The van der Waals surface area contributed by atoms with Gasteiger partial charge in [-0.15, -0.1) is 23.5 Å². The van der Waals surface area contributed by atoms with Crippen molar-refractivity contribution in [3.63, 3.8) is 0 Å². The summed E-state index contributed by atoms with van der Waals surface area (Å²) >= 11 is 0. The van der Waals surface area contributed by atoms with Crippen LogP contribution in [0.25, 0.3) is 0 Å². The van der Waals surface area contributed by atoms with Crippen molar-refractivity contribution in [3.05, 3.63) is 79.9 Å². The van der Waals surface area contributed by atoms with Crippen LogP contribution in [-0.2, 0) is 76.7 Å². The van der Waals surface area contributed by atoms with Gasteiger partial charge in [0.05, 0.1) is 6.61 Å². The quantitative estimate of drug-likeness (QED) is 0.515. The van der Waals surface area contributed by atoms with E-state index in [1.165, 1.54) is 0 Å². The third kappa shape index (κ3) is 13.5. The zero-order valence-electron chi connectivity index (χ0n) is 14.4. The molecule has 0 atom stereocenters. The van der Waals surface area contributed by atoms with Gasteiger partial charge in [-0.25, -0.2) is 13.8 Å². The van der Waals surface area contributed by atoms with E-state index >= 15 is 0 Å². The number of ether oxygens (including phenoxy) is 1. The molecule has 0 aromatic carbocycles. The molecule has 0 fully saturated rings. The maximum atomic E-state index is 5.09. The van der Waals surface area contributed by atoms with Crippen molar-refractivity contribution in [3.8, 4) is 0 Å². The van der Waals surface area contributed by atoms with Crippen molar-refractivity contribution < 1.29 is 70.2 Å². The van der Waals surface area contributed by atoms with Crippen molar-refractivity contribution in [2.45, 2.75) is 13.5 Å². The van der Waals surface area contributed by atoms with Crippen LogP contribution in [0.3, 0.4) is 0 Å². The van der Waals surface area contributed by atoms with Gasteiger partial charge >= 0.3 is 0 Å². The van der Waals surface area contributed by atoms with E-state index in [-0.39, 0.29) is 65.4 Å². The summed E-state index contributed by atoms with van der Waals surface area (Å²) in [4.78, 5) is 8.33. The van der Waals surface area contributed by atoms with Crippen LogP contribution in [0.15, 0.2) is 36.4 Å². The molecule has 0 saturated carbocycles. The first-order valence-electron chi connectivity index (χ1n) is 7.23. The zero-order valence-corrected chi connectivity index (χ0v) is 20.0. The fraction of sp³-hybridized carbons (Fsp3) is 0.278. The molecular formula is C18H24N3OY2-3. The van der Waals surface area contributed by atoms with E-state index in [0.717, 1.165) is 35.9 Å². The van der Waals surface area contributed by atoms with Crippen molar-refractivity contribution >= 4 is 0 Å². The van der Waals surface area contributed by atoms with Gasteiger partial charge in [0.25, 0.3) is 0 Å². The van der Waals surface area contributed by atoms with E-state index in [1.807, 2.05) is 43.3 Å². The molecule has 0 saturated heterocycles. The fourth-order valence-electron chi connectivity index (χ4n) is 1.69. The van der Waals surface area contributed by atoms with E-state index in [4.69, 9.17) is 4.74 Å². The molecule has 2 rings (SSSR count). The molecule has 2 aromatic heterocycles. The second-order valence-corrected chi connectivity index (χ2v) is 4.68. The number of hydrogen-bond donors (Lipinski definition) is 1. The minimum absolute atomic E-state index is 0. The summed E-state index contributed by atoms with van der Waals surface area (Å²) in [5.74, 6) is 0. The predicted molar refractivity (Wildman–Crippen MR) is 90.0 cm³/mol. The molecule has 4 nitrogen and oxygen atoms in total. The summed E-state index contributed by atoms with van der Waals surface area (Å²) in [5, 5.41) is 3.22. The third-order valence-corrected chi connectivity index (χ3v) is 2.68. The summed E-state index contributed by atoms with van der Waals surface area (Å²) in [7, 11) is 0. The Kier molecular flexibility index (Phi) is 18.3. The van der Waals surface area contributed by atoms with Crippen LogP contribution >= 0.6 is 0 Å². The van der Waals surface area contributed by atoms with E-state index in [0.29, 0.717) is 13.2 Å².